The number of hydrazine groups is 1. The van der Waals surface area contributed by atoms with E-state index in [1.54, 1.807) is 0 Å². The summed E-state index contributed by atoms with van der Waals surface area (Å²) in [5, 5.41) is 7.27. The number of likely N-dealkylation sites (N-methyl/N-ethyl adjacent to an activating group) is 1. The number of carbonyl (C=O) groups is 1. The fraction of sp³-hybridized carbons (Fsp3) is 0.737. The number of halogens is 4. The van der Waals surface area contributed by atoms with Crippen molar-refractivity contribution in [1.29, 1.82) is 0 Å². The molecule has 1 saturated heterocycles. The van der Waals surface area contributed by atoms with Gasteiger partial charge in [-0.25, -0.2) is 0 Å². The molecule has 29 heavy (non-hydrogen) atoms. The predicted octanol–water partition coefficient (Wildman–Crippen LogP) is -0.0295. The van der Waals surface area contributed by atoms with Crippen LogP contribution in [0.5, 0.6) is 0 Å². The zero-order chi connectivity index (χ0) is 22.1. The molecule has 0 radical (unpaired) electrons. The zero-order valence-electron chi connectivity index (χ0n) is 18.1. The number of hydrogen-bond acceptors (Lipinski definition) is 5. The Balaban J connectivity index is 2.70. The molecule has 1 aliphatic heterocycles. The first kappa shape index (κ1) is 26.2. The summed E-state index contributed by atoms with van der Waals surface area (Å²) < 4.78 is 36.1. The Kier molecular flexibility index (Phi) is 10.9. The van der Waals surface area contributed by atoms with E-state index in [4.69, 9.17) is 0 Å². The van der Waals surface area contributed by atoms with E-state index in [-0.39, 0.29) is 12.1 Å². The summed E-state index contributed by atoms with van der Waals surface area (Å²) in [6.07, 6.45) is 9.63. The molecule has 1 rings (SSSR count). The van der Waals surface area contributed by atoms with Gasteiger partial charge in [0.2, 0.25) is 0 Å². The molecular weight excluding hydrogens is 498 g/mol. The second kappa shape index (κ2) is 12.1. The van der Waals surface area contributed by atoms with Gasteiger partial charge in [-0.1, -0.05) is 13.3 Å². The Morgan fingerprint density at radius 2 is 2.00 bits per heavy atom. The second-order valence-corrected chi connectivity index (χ2v) is 11.0. The standard InChI is InChI=1S/C19H36F3IN5O/c1-6-8-10-16(25-13-17(29)26-15-23(20,21)22)11-12-19(3)14-27(5)18(9-7-2)28(19)24-4/h6,8,10,18,24-25H,7,9,11-15H2,1-5H3,(H,26,29)/q-1/b8-6-,16-10+. The van der Waals surface area contributed by atoms with Crippen LogP contribution in [0, 0.1) is 0 Å². The molecule has 1 fully saturated rings. The molecule has 1 amide bonds. The molecule has 2 atom stereocenters. The van der Waals surface area contributed by atoms with E-state index in [1.165, 1.54) is 0 Å². The van der Waals surface area contributed by atoms with Gasteiger partial charge in [0, 0.05) is 0 Å². The van der Waals surface area contributed by atoms with E-state index >= 15 is 0 Å². The molecule has 0 spiro atoms. The average Bonchev–Trinajstić information content (AvgIpc) is 2.88. The molecule has 0 aromatic heterocycles. The molecule has 1 heterocycles. The molecule has 3 N–H and O–H groups in total. The molecule has 0 aromatic carbocycles. The van der Waals surface area contributed by atoms with Crippen molar-refractivity contribution in [3.63, 3.8) is 0 Å². The van der Waals surface area contributed by atoms with Crippen molar-refractivity contribution in [3.05, 3.63) is 23.9 Å². The Bertz CT molecular complexity index is 585. The first-order chi connectivity index (χ1) is 13.6. The van der Waals surface area contributed by atoms with Gasteiger partial charge in [-0.05, 0) is 0 Å². The maximum atomic E-state index is 12.4. The molecule has 0 aliphatic carbocycles. The van der Waals surface area contributed by atoms with Crippen LogP contribution in [0.4, 0.5) is 8.58 Å². The van der Waals surface area contributed by atoms with Gasteiger partial charge in [-0.3, -0.25) is 0 Å². The van der Waals surface area contributed by atoms with Crippen molar-refractivity contribution in [3.8, 4) is 0 Å². The third-order valence-corrected chi connectivity index (χ3v) is 6.33. The van der Waals surface area contributed by atoms with Gasteiger partial charge >= 0.3 is 166 Å². The van der Waals surface area contributed by atoms with Crippen LogP contribution >= 0.6 is 0 Å². The van der Waals surface area contributed by atoms with Gasteiger partial charge in [-0.2, -0.15) is 0 Å². The van der Waals surface area contributed by atoms with Gasteiger partial charge in [-0.15, -0.1) is 0 Å². The third-order valence-electron chi connectivity index (χ3n) is 5.08. The van der Waals surface area contributed by atoms with E-state index in [1.807, 2.05) is 37.5 Å². The average molecular weight is 534 g/mol. The number of alkyl halides is 1. The summed E-state index contributed by atoms with van der Waals surface area (Å²) in [4.78, 5) is 14.1. The van der Waals surface area contributed by atoms with Crippen molar-refractivity contribution >= 4 is 5.91 Å². The fourth-order valence-corrected chi connectivity index (χ4v) is 4.61. The number of hydrogen-bond donors (Lipinski definition) is 3. The molecule has 6 nitrogen and oxygen atoms in total. The summed E-state index contributed by atoms with van der Waals surface area (Å²) in [5.74, 6) is -0.635. The van der Waals surface area contributed by atoms with Crippen LogP contribution in [-0.4, -0.2) is 59.3 Å². The van der Waals surface area contributed by atoms with E-state index < -0.39 is 30.6 Å². The minimum absolute atomic E-state index is 0.0914. The third kappa shape index (κ3) is 8.81. The van der Waals surface area contributed by atoms with E-state index in [0.29, 0.717) is 12.6 Å². The first-order valence-electron chi connectivity index (χ1n) is 9.90. The predicted molar refractivity (Wildman–Crippen MR) is 107 cm³/mol. The Labute approximate surface area is 179 Å². The number of nitrogens with one attached hydrogen (secondary N) is 3. The first-order valence-corrected chi connectivity index (χ1v) is 13.9. The second-order valence-electron chi connectivity index (χ2n) is 7.54. The van der Waals surface area contributed by atoms with Crippen LogP contribution in [0.15, 0.2) is 23.9 Å². The zero-order valence-corrected chi connectivity index (χ0v) is 20.2. The topological polar surface area (TPSA) is 59.6 Å². The van der Waals surface area contributed by atoms with Crippen molar-refractivity contribution < 1.29 is 33.5 Å². The van der Waals surface area contributed by atoms with Crippen molar-refractivity contribution in [2.24, 2.45) is 0 Å². The number of amides is 1. The monoisotopic (exact) mass is 534 g/mol. The molecule has 10 heteroatoms. The summed E-state index contributed by atoms with van der Waals surface area (Å²) in [5.41, 5.74) is 4.09. The van der Waals surface area contributed by atoms with Crippen LogP contribution in [0.3, 0.4) is 0 Å². The number of rotatable bonds is 12. The summed E-state index contributed by atoms with van der Waals surface area (Å²) in [6, 6.07) is 0. The minimum atomic E-state index is -6.18. The van der Waals surface area contributed by atoms with Crippen LogP contribution in [-0.2, 0) is 4.79 Å². The molecular formula is C19H36F3IN5O-. The van der Waals surface area contributed by atoms with Gasteiger partial charge in [0.25, 0.3) is 0 Å². The Hall–Kier alpha value is -0.850. The van der Waals surface area contributed by atoms with Crippen LogP contribution in [0.2, 0.25) is 0 Å². The number of carbonyl (C=O) groups excluding carboxylic acids is 1. The van der Waals surface area contributed by atoms with Gasteiger partial charge in [0.1, 0.15) is 0 Å². The van der Waals surface area contributed by atoms with E-state index in [2.05, 4.69) is 41.5 Å². The SMILES string of the molecule is C/C=C\C=C(/CCC1(C)CN(C)C(CCC)N1NC)NCC(=O)NC[I-](F)(F)F. The molecule has 0 aromatic rings. The molecule has 0 bridgehead atoms. The molecule has 1 aliphatic rings. The number of nitrogens with zero attached hydrogens (tertiary/aromatic N) is 2. The van der Waals surface area contributed by atoms with E-state index in [0.717, 1.165) is 31.5 Å². The normalized spacial score (nSPS) is 25.0. The summed E-state index contributed by atoms with van der Waals surface area (Å²) in [6.45, 7) is 7.03. The molecule has 2 unspecified atom stereocenters. The van der Waals surface area contributed by atoms with Crippen LogP contribution < -0.4 is 36.2 Å². The van der Waals surface area contributed by atoms with Crippen molar-refractivity contribution in [1.82, 2.24) is 26.0 Å². The van der Waals surface area contributed by atoms with Crippen molar-refractivity contribution in [2.75, 3.05) is 31.7 Å². The Morgan fingerprint density at radius 1 is 1.31 bits per heavy atom. The number of allylic oxidation sites excluding steroid dienone is 4. The quantitative estimate of drug-likeness (QED) is 0.142. The molecule has 172 valence electrons. The Morgan fingerprint density at radius 3 is 2.55 bits per heavy atom. The van der Waals surface area contributed by atoms with Gasteiger partial charge in [0.05, 0.1) is 0 Å². The van der Waals surface area contributed by atoms with Crippen LogP contribution in [0.25, 0.3) is 0 Å². The molecule has 0 saturated carbocycles. The van der Waals surface area contributed by atoms with Crippen molar-refractivity contribution in [2.45, 2.75) is 58.2 Å². The summed E-state index contributed by atoms with van der Waals surface area (Å²) >= 11 is -6.18. The van der Waals surface area contributed by atoms with Gasteiger partial charge < -0.3 is 0 Å². The van der Waals surface area contributed by atoms with E-state index in [9.17, 15) is 13.4 Å². The van der Waals surface area contributed by atoms with Crippen LogP contribution in [0.1, 0.15) is 46.5 Å². The fourth-order valence-electron chi connectivity index (χ4n) is 3.76. The maximum absolute atomic E-state index is 12.4. The van der Waals surface area contributed by atoms with Gasteiger partial charge in [0.15, 0.2) is 0 Å². The summed E-state index contributed by atoms with van der Waals surface area (Å²) in [7, 11) is 4.06.